The van der Waals surface area contributed by atoms with Gasteiger partial charge in [0.05, 0.1) is 11.3 Å². The van der Waals surface area contributed by atoms with Gasteiger partial charge in [-0.1, -0.05) is 0 Å². The van der Waals surface area contributed by atoms with Crippen LogP contribution in [0.1, 0.15) is 36.4 Å². The molecule has 5 atom stereocenters. The third kappa shape index (κ3) is 4.21. The molecule has 0 radical (unpaired) electrons. The number of aliphatic hydroxyl groups is 1. The Hall–Kier alpha value is -2.27. The molecule has 2 saturated carbocycles. The van der Waals surface area contributed by atoms with Gasteiger partial charge in [0, 0.05) is 42.6 Å². The number of nitrogens with two attached hydrogens (primary N) is 1. The highest BCUT2D eigenvalue weighted by molar-refractivity contribution is 5.63. The second-order valence-electron chi connectivity index (χ2n) is 9.49. The fraction of sp³-hybridized carbons (Fsp3) is 0.636. The van der Waals surface area contributed by atoms with Crippen LogP contribution in [0.4, 0.5) is 27.8 Å². The standard InChI is InChI=1S/C22H26F5N5O/c23-19(24)9-32-18(6-17(30-32)12-3-16(22(25,26)27)21(28)29-7-12)20-14-4-13(5-15(14)20)31-2-1-11(8-31)10-33/h3,6-7,11,13-15,19-20,33H,1-2,4-5,8-10H2,(H2,28,29)/t11-,13?,14-,15+,20?/m0/s1. The highest BCUT2D eigenvalue weighted by Gasteiger charge is 2.59. The van der Waals surface area contributed by atoms with Crippen LogP contribution in [0.25, 0.3) is 11.3 Å². The van der Waals surface area contributed by atoms with Gasteiger partial charge >= 0.3 is 6.18 Å². The van der Waals surface area contributed by atoms with Crippen molar-refractivity contribution in [1.29, 1.82) is 0 Å². The second-order valence-corrected chi connectivity index (χ2v) is 9.49. The van der Waals surface area contributed by atoms with Gasteiger partial charge in [0.25, 0.3) is 6.43 Å². The van der Waals surface area contributed by atoms with E-state index in [-0.39, 0.29) is 23.8 Å². The summed E-state index contributed by atoms with van der Waals surface area (Å²) in [5, 5.41) is 13.6. The molecule has 0 amide bonds. The topological polar surface area (TPSA) is 80.2 Å². The van der Waals surface area contributed by atoms with Crippen LogP contribution in [0.2, 0.25) is 0 Å². The summed E-state index contributed by atoms with van der Waals surface area (Å²) < 4.78 is 67.4. The minimum absolute atomic E-state index is 0.0846. The van der Waals surface area contributed by atoms with E-state index in [1.54, 1.807) is 6.07 Å². The average molecular weight is 471 g/mol. The number of pyridine rings is 1. The number of halogens is 5. The Morgan fingerprint density at radius 1 is 1.18 bits per heavy atom. The van der Waals surface area contributed by atoms with Crippen molar-refractivity contribution >= 4 is 5.82 Å². The summed E-state index contributed by atoms with van der Waals surface area (Å²) in [6, 6.07) is 2.94. The average Bonchev–Trinajstić information content (AvgIpc) is 3.21. The first-order chi connectivity index (χ1) is 15.7. The minimum atomic E-state index is -4.67. The lowest BCUT2D eigenvalue weighted by molar-refractivity contribution is -0.137. The molecule has 3 N–H and O–H groups in total. The van der Waals surface area contributed by atoms with Crippen molar-refractivity contribution in [3.63, 3.8) is 0 Å². The van der Waals surface area contributed by atoms with Gasteiger partial charge < -0.3 is 10.8 Å². The number of anilines is 1. The molecule has 5 rings (SSSR count). The molecule has 1 aliphatic heterocycles. The van der Waals surface area contributed by atoms with Crippen molar-refractivity contribution in [2.45, 2.75) is 50.4 Å². The van der Waals surface area contributed by atoms with Crippen molar-refractivity contribution in [3.05, 3.63) is 29.6 Å². The Kier molecular flexibility index (Phi) is 5.59. The van der Waals surface area contributed by atoms with Crippen LogP contribution < -0.4 is 5.73 Å². The number of hydrogen-bond acceptors (Lipinski definition) is 5. The first kappa shape index (κ1) is 22.5. The number of aromatic nitrogens is 3. The third-order valence-corrected chi connectivity index (χ3v) is 7.50. The molecule has 6 nitrogen and oxygen atoms in total. The molecule has 0 spiro atoms. The number of fused-ring (bicyclic) bond motifs is 1. The monoisotopic (exact) mass is 471 g/mol. The largest absolute Gasteiger partial charge is 0.419 e. The van der Waals surface area contributed by atoms with Crippen LogP contribution in [0.15, 0.2) is 18.3 Å². The molecule has 3 aliphatic rings. The van der Waals surface area contributed by atoms with Gasteiger partial charge in [-0.05, 0) is 55.7 Å². The van der Waals surface area contributed by atoms with E-state index in [1.807, 2.05) is 0 Å². The molecule has 11 heteroatoms. The smallest absolute Gasteiger partial charge is 0.396 e. The molecule has 33 heavy (non-hydrogen) atoms. The molecule has 3 fully saturated rings. The molecule has 2 unspecified atom stereocenters. The molecular formula is C22H26F5N5O. The van der Waals surface area contributed by atoms with E-state index >= 15 is 0 Å². The molecule has 1 saturated heterocycles. The van der Waals surface area contributed by atoms with Gasteiger partial charge in [0.15, 0.2) is 0 Å². The molecule has 2 aromatic rings. The van der Waals surface area contributed by atoms with Crippen LogP contribution in [0.5, 0.6) is 0 Å². The van der Waals surface area contributed by atoms with Gasteiger partial charge in [0.2, 0.25) is 0 Å². The van der Waals surface area contributed by atoms with E-state index in [4.69, 9.17) is 5.73 Å². The Morgan fingerprint density at radius 2 is 1.91 bits per heavy atom. The predicted molar refractivity (Wildman–Crippen MR) is 110 cm³/mol. The lowest BCUT2D eigenvalue weighted by atomic mass is 10.0. The molecule has 2 aliphatic carbocycles. The molecular weight excluding hydrogens is 445 g/mol. The zero-order chi connectivity index (χ0) is 23.5. The highest BCUT2D eigenvalue weighted by atomic mass is 19.4. The minimum Gasteiger partial charge on any atom is -0.396 e. The molecule has 3 heterocycles. The zero-order valence-electron chi connectivity index (χ0n) is 17.8. The van der Waals surface area contributed by atoms with Crippen LogP contribution in [0, 0.1) is 17.8 Å². The van der Waals surface area contributed by atoms with E-state index in [2.05, 4.69) is 15.0 Å². The summed E-state index contributed by atoms with van der Waals surface area (Å²) in [6.45, 7) is 1.46. The van der Waals surface area contributed by atoms with Gasteiger partial charge in [-0.25, -0.2) is 13.8 Å². The van der Waals surface area contributed by atoms with E-state index in [9.17, 15) is 27.1 Å². The van der Waals surface area contributed by atoms with Crippen LogP contribution >= 0.6 is 0 Å². The van der Waals surface area contributed by atoms with Crippen molar-refractivity contribution in [1.82, 2.24) is 19.7 Å². The van der Waals surface area contributed by atoms with Crippen molar-refractivity contribution in [3.8, 4) is 11.3 Å². The molecule has 0 bridgehead atoms. The van der Waals surface area contributed by atoms with Crippen molar-refractivity contribution in [2.24, 2.45) is 17.8 Å². The maximum Gasteiger partial charge on any atom is 0.419 e. The fourth-order valence-electron chi connectivity index (χ4n) is 5.85. The first-order valence-corrected chi connectivity index (χ1v) is 11.2. The molecule has 180 valence electrons. The maximum atomic E-state index is 13.2. The molecule has 0 aromatic carbocycles. The maximum absolute atomic E-state index is 13.2. The zero-order valence-corrected chi connectivity index (χ0v) is 17.8. The van der Waals surface area contributed by atoms with Crippen molar-refractivity contribution < 1.29 is 27.1 Å². The lowest BCUT2D eigenvalue weighted by Gasteiger charge is -2.26. The quantitative estimate of drug-likeness (QED) is 0.630. The number of rotatable bonds is 6. The lowest BCUT2D eigenvalue weighted by Crippen LogP contribution is -2.33. The highest BCUT2D eigenvalue weighted by Crippen LogP contribution is 2.64. The van der Waals surface area contributed by atoms with E-state index in [0.717, 1.165) is 38.4 Å². The number of nitrogens with zero attached hydrogens (tertiary/aromatic N) is 4. The Morgan fingerprint density at radius 3 is 2.52 bits per heavy atom. The van der Waals surface area contributed by atoms with E-state index in [0.29, 0.717) is 29.5 Å². The van der Waals surface area contributed by atoms with Crippen molar-refractivity contribution in [2.75, 3.05) is 25.4 Å². The molecule has 2 aromatic heterocycles. The van der Waals surface area contributed by atoms with Crippen LogP contribution in [-0.2, 0) is 12.7 Å². The Bertz CT molecular complexity index is 1010. The van der Waals surface area contributed by atoms with Gasteiger partial charge in [0.1, 0.15) is 12.4 Å². The summed E-state index contributed by atoms with van der Waals surface area (Å²) in [5.41, 5.74) is 5.26. The second kappa shape index (κ2) is 8.19. The van der Waals surface area contributed by atoms with Crippen LogP contribution in [0.3, 0.4) is 0 Å². The number of aliphatic hydroxyl groups excluding tert-OH is 1. The van der Waals surface area contributed by atoms with Gasteiger partial charge in [-0.2, -0.15) is 18.3 Å². The summed E-state index contributed by atoms with van der Waals surface area (Å²) >= 11 is 0. The Labute approximate surface area is 187 Å². The normalized spacial score (nSPS) is 29.7. The number of likely N-dealkylation sites (tertiary alicyclic amines) is 1. The Balaban J connectivity index is 1.37. The van der Waals surface area contributed by atoms with Gasteiger partial charge in [-0.3, -0.25) is 9.58 Å². The van der Waals surface area contributed by atoms with E-state index < -0.39 is 30.5 Å². The summed E-state index contributed by atoms with van der Waals surface area (Å²) in [5.74, 6) is 0.495. The first-order valence-electron chi connectivity index (χ1n) is 11.2. The SMILES string of the molecule is Nc1ncc(-c2cc(C3[C@H]4CC(N5CC[C@H](CO)C5)C[C@@H]34)n(CC(F)F)n2)cc1C(F)(F)F. The third-order valence-electron chi connectivity index (χ3n) is 7.50. The van der Waals surface area contributed by atoms with Gasteiger partial charge in [-0.15, -0.1) is 0 Å². The van der Waals surface area contributed by atoms with Crippen LogP contribution in [-0.4, -0.2) is 56.9 Å². The number of alkyl halides is 5. The summed E-state index contributed by atoms with van der Waals surface area (Å²) in [6.07, 6.45) is -3.19. The number of nitrogen functional groups attached to an aromatic ring is 1. The predicted octanol–water partition coefficient (Wildman–Crippen LogP) is 3.62. The fourth-order valence-corrected chi connectivity index (χ4v) is 5.85. The summed E-state index contributed by atoms with van der Waals surface area (Å²) in [7, 11) is 0. The number of hydrogen-bond donors (Lipinski definition) is 2. The van der Waals surface area contributed by atoms with E-state index in [1.165, 1.54) is 10.9 Å². The summed E-state index contributed by atoms with van der Waals surface area (Å²) in [4.78, 5) is 6.07.